The van der Waals surface area contributed by atoms with Crippen molar-refractivity contribution in [3.63, 3.8) is 0 Å². The fourth-order valence-corrected chi connectivity index (χ4v) is 4.57. The zero-order valence-electron chi connectivity index (χ0n) is 17.8. The molecule has 9 heteroatoms. The Morgan fingerprint density at radius 2 is 1.77 bits per heavy atom. The smallest absolute Gasteiger partial charge is 0.281 e. The summed E-state index contributed by atoms with van der Waals surface area (Å²) >= 11 is 0. The maximum atomic E-state index is 12.9. The van der Waals surface area contributed by atoms with Crippen LogP contribution in [0.1, 0.15) is 24.0 Å². The van der Waals surface area contributed by atoms with Crippen molar-refractivity contribution in [3.8, 4) is 5.75 Å². The second-order valence-electron chi connectivity index (χ2n) is 7.76. The highest BCUT2D eigenvalue weighted by molar-refractivity contribution is 7.86. The molecule has 7 nitrogen and oxygen atoms in total. The Hall–Kier alpha value is -2.49. The fraction of sp³-hybridized carbons (Fsp3) is 0.409. The molecule has 0 radical (unpaired) electrons. The molecule has 3 rings (SSSR count). The van der Waals surface area contributed by atoms with Gasteiger partial charge in [0.1, 0.15) is 18.2 Å². The van der Waals surface area contributed by atoms with Crippen LogP contribution in [-0.2, 0) is 28.2 Å². The molecule has 1 fully saturated rings. The van der Waals surface area contributed by atoms with E-state index in [1.54, 1.807) is 12.1 Å². The van der Waals surface area contributed by atoms with E-state index >= 15 is 0 Å². The summed E-state index contributed by atoms with van der Waals surface area (Å²) in [6.45, 7) is 1.32. The third-order valence-electron chi connectivity index (χ3n) is 5.25. The first-order chi connectivity index (χ1) is 14.8. The zero-order chi connectivity index (χ0) is 22.4. The molecule has 1 amide bonds. The highest BCUT2D eigenvalue weighted by atomic mass is 32.2. The van der Waals surface area contributed by atoms with Gasteiger partial charge in [-0.15, -0.1) is 0 Å². The number of carbonyl (C=O) groups excluding carboxylic acids is 1. The number of nitrogens with zero attached hydrogens (tertiary/aromatic N) is 2. The van der Waals surface area contributed by atoms with E-state index in [2.05, 4.69) is 5.32 Å². The van der Waals surface area contributed by atoms with Gasteiger partial charge >= 0.3 is 0 Å². The minimum Gasteiger partial charge on any atom is -0.489 e. The lowest BCUT2D eigenvalue weighted by Gasteiger charge is -2.32. The van der Waals surface area contributed by atoms with Crippen molar-refractivity contribution in [2.75, 3.05) is 27.2 Å². The summed E-state index contributed by atoms with van der Waals surface area (Å²) in [5.74, 6) is -0.108. The molecular weight excluding hydrogens is 421 g/mol. The van der Waals surface area contributed by atoms with Gasteiger partial charge < -0.3 is 10.1 Å². The lowest BCUT2D eigenvalue weighted by molar-refractivity contribution is -0.126. The number of amides is 1. The quantitative estimate of drug-likeness (QED) is 0.672. The zero-order valence-corrected chi connectivity index (χ0v) is 18.6. The van der Waals surface area contributed by atoms with Crippen LogP contribution in [0.4, 0.5) is 4.39 Å². The lowest BCUT2D eigenvalue weighted by Crippen LogP contribution is -2.48. The number of benzene rings is 2. The van der Waals surface area contributed by atoms with Crippen LogP contribution in [-0.4, -0.2) is 50.1 Å². The largest absolute Gasteiger partial charge is 0.489 e. The first-order valence-electron chi connectivity index (χ1n) is 10.2. The van der Waals surface area contributed by atoms with Gasteiger partial charge in [0.15, 0.2) is 0 Å². The Morgan fingerprint density at radius 3 is 2.42 bits per heavy atom. The second-order valence-corrected chi connectivity index (χ2v) is 9.91. The molecule has 0 spiro atoms. The molecule has 1 saturated heterocycles. The van der Waals surface area contributed by atoms with Gasteiger partial charge in [0, 0.05) is 33.7 Å². The molecule has 0 bridgehead atoms. The average Bonchev–Trinajstić information content (AvgIpc) is 2.77. The maximum absolute atomic E-state index is 12.9. The summed E-state index contributed by atoms with van der Waals surface area (Å²) in [4.78, 5) is 12.6. The number of carbonyl (C=O) groups is 1. The molecule has 0 aromatic heterocycles. The molecule has 1 atom stereocenters. The van der Waals surface area contributed by atoms with Gasteiger partial charge in [0.05, 0.1) is 5.92 Å². The van der Waals surface area contributed by atoms with Gasteiger partial charge in [-0.1, -0.05) is 24.3 Å². The van der Waals surface area contributed by atoms with Crippen molar-refractivity contribution in [2.45, 2.75) is 26.0 Å². The molecule has 2 aromatic rings. The normalized spacial score (nSPS) is 17.5. The predicted molar refractivity (Wildman–Crippen MR) is 116 cm³/mol. The SMILES string of the molecule is CN(C)S(=O)(=O)N1CCC[C@@H](C(=O)NCc2ccc(OCc3ccc(F)cc3)cc2)C1. The van der Waals surface area contributed by atoms with E-state index in [0.717, 1.165) is 11.1 Å². The van der Waals surface area contributed by atoms with Crippen LogP contribution in [0.15, 0.2) is 48.5 Å². The summed E-state index contributed by atoms with van der Waals surface area (Å²) in [6.07, 6.45) is 1.33. The molecule has 1 heterocycles. The first-order valence-corrected chi connectivity index (χ1v) is 11.6. The molecular formula is C22H28FN3O4S. The monoisotopic (exact) mass is 449 g/mol. The molecule has 168 valence electrons. The van der Waals surface area contributed by atoms with Crippen molar-refractivity contribution < 1.29 is 22.3 Å². The van der Waals surface area contributed by atoms with E-state index < -0.39 is 10.2 Å². The topological polar surface area (TPSA) is 79.0 Å². The summed E-state index contributed by atoms with van der Waals surface area (Å²) in [5, 5.41) is 2.90. The van der Waals surface area contributed by atoms with Crippen LogP contribution >= 0.6 is 0 Å². The Balaban J connectivity index is 1.48. The molecule has 0 saturated carbocycles. The summed E-state index contributed by atoms with van der Waals surface area (Å²) < 4.78 is 45.8. The maximum Gasteiger partial charge on any atom is 0.281 e. The van der Waals surface area contributed by atoms with Crippen molar-refractivity contribution in [3.05, 3.63) is 65.5 Å². The van der Waals surface area contributed by atoms with Crippen LogP contribution in [0.25, 0.3) is 0 Å². The van der Waals surface area contributed by atoms with E-state index in [-0.39, 0.29) is 24.2 Å². The highest BCUT2D eigenvalue weighted by Gasteiger charge is 2.33. The van der Waals surface area contributed by atoms with E-state index in [1.807, 2.05) is 24.3 Å². The fourth-order valence-electron chi connectivity index (χ4n) is 3.38. The van der Waals surface area contributed by atoms with Crippen molar-refractivity contribution in [1.29, 1.82) is 0 Å². The molecule has 1 aliphatic rings. The van der Waals surface area contributed by atoms with Crippen molar-refractivity contribution in [2.24, 2.45) is 5.92 Å². The molecule has 1 N–H and O–H groups in total. The first kappa shape index (κ1) is 23.2. The van der Waals surface area contributed by atoms with E-state index in [0.29, 0.717) is 38.3 Å². The Morgan fingerprint density at radius 1 is 1.13 bits per heavy atom. The van der Waals surface area contributed by atoms with Gasteiger partial charge in [-0.05, 0) is 48.2 Å². The van der Waals surface area contributed by atoms with Gasteiger partial charge in [0.25, 0.3) is 10.2 Å². The number of ether oxygens (including phenoxy) is 1. The molecule has 1 aliphatic heterocycles. The van der Waals surface area contributed by atoms with Gasteiger partial charge in [-0.25, -0.2) is 4.39 Å². The number of rotatable bonds is 8. The average molecular weight is 450 g/mol. The van der Waals surface area contributed by atoms with Crippen LogP contribution in [0, 0.1) is 11.7 Å². The second kappa shape index (κ2) is 10.2. The number of halogens is 1. The summed E-state index contributed by atoms with van der Waals surface area (Å²) in [5.41, 5.74) is 1.78. The summed E-state index contributed by atoms with van der Waals surface area (Å²) in [6, 6.07) is 13.5. The molecule has 0 aliphatic carbocycles. The van der Waals surface area contributed by atoms with E-state index in [1.165, 1.54) is 34.8 Å². The van der Waals surface area contributed by atoms with Gasteiger partial charge in [-0.3, -0.25) is 4.79 Å². The molecule has 0 unspecified atom stereocenters. The van der Waals surface area contributed by atoms with Crippen LogP contribution in [0.3, 0.4) is 0 Å². The van der Waals surface area contributed by atoms with Gasteiger partial charge in [-0.2, -0.15) is 17.0 Å². The minimum absolute atomic E-state index is 0.143. The van der Waals surface area contributed by atoms with Gasteiger partial charge in [0.2, 0.25) is 5.91 Å². The number of nitrogens with one attached hydrogen (secondary N) is 1. The third kappa shape index (κ3) is 6.25. The number of hydrogen-bond donors (Lipinski definition) is 1. The Labute approximate surface area is 183 Å². The standard InChI is InChI=1S/C22H28FN3O4S/c1-25(2)31(28,29)26-13-3-4-19(15-26)22(27)24-14-17-7-11-21(12-8-17)30-16-18-5-9-20(23)10-6-18/h5-12,19H,3-4,13-16H2,1-2H3,(H,24,27)/t19-/m1/s1. The van der Waals surface area contributed by atoms with E-state index in [9.17, 15) is 17.6 Å². The van der Waals surface area contributed by atoms with Crippen molar-refractivity contribution in [1.82, 2.24) is 13.9 Å². The Kier molecular flexibility index (Phi) is 7.64. The number of piperidine rings is 1. The van der Waals surface area contributed by atoms with Crippen LogP contribution in [0.2, 0.25) is 0 Å². The number of hydrogen-bond acceptors (Lipinski definition) is 4. The minimum atomic E-state index is -3.51. The summed E-state index contributed by atoms with van der Waals surface area (Å²) in [7, 11) is -0.528. The van der Waals surface area contributed by atoms with Crippen LogP contribution < -0.4 is 10.1 Å². The molecule has 2 aromatic carbocycles. The highest BCUT2D eigenvalue weighted by Crippen LogP contribution is 2.21. The van der Waals surface area contributed by atoms with Crippen molar-refractivity contribution >= 4 is 16.1 Å². The Bertz CT molecular complexity index is 979. The lowest BCUT2D eigenvalue weighted by atomic mass is 9.99. The predicted octanol–water partition coefficient (Wildman–Crippen LogP) is 2.54. The van der Waals surface area contributed by atoms with Crippen LogP contribution in [0.5, 0.6) is 5.75 Å². The third-order valence-corrected chi connectivity index (χ3v) is 7.16. The molecule has 31 heavy (non-hydrogen) atoms. The van der Waals surface area contributed by atoms with E-state index in [4.69, 9.17) is 4.74 Å².